The second-order valence-corrected chi connectivity index (χ2v) is 7.97. The highest BCUT2D eigenvalue weighted by Gasteiger charge is 2.41. The van der Waals surface area contributed by atoms with Gasteiger partial charge in [-0.05, 0) is 37.8 Å². The minimum atomic E-state index is -3.34. The predicted octanol–water partition coefficient (Wildman–Crippen LogP) is 2.80. The van der Waals surface area contributed by atoms with Crippen LogP contribution in [0.5, 0.6) is 0 Å². The van der Waals surface area contributed by atoms with Gasteiger partial charge in [-0.15, -0.1) is 0 Å². The molecule has 1 aromatic rings. The lowest BCUT2D eigenvalue weighted by Gasteiger charge is -2.22. The molecule has 1 atom stereocenters. The van der Waals surface area contributed by atoms with Gasteiger partial charge in [-0.25, -0.2) is 8.42 Å². The van der Waals surface area contributed by atoms with Gasteiger partial charge in [-0.3, -0.25) is 0 Å². The van der Waals surface area contributed by atoms with Gasteiger partial charge in [0.05, 0.1) is 4.90 Å². The van der Waals surface area contributed by atoms with Crippen molar-refractivity contribution in [3.8, 4) is 0 Å². The first-order chi connectivity index (χ1) is 8.22. The third kappa shape index (κ3) is 2.45. The maximum Gasteiger partial charge on any atom is 0.243 e. The van der Waals surface area contributed by atoms with Crippen LogP contribution in [0.2, 0.25) is 0 Å². The lowest BCUT2D eigenvalue weighted by Crippen LogP contribution is -2.34. The monoisotopic (exact) mass is 267 g/mol. The zero-order valence-corrected chi connectivity index (χ0v) is 12.3. The number of benzene rings is 1. The largest absolute Gasteiger partial charge is 0.243 e. The van der Waals surface area contributed by atoms with Crippen molar-refractivity contribution >= 4 is 10.0 Å². The molecule has 0 N–H and O–H groups in total. The Hall–Kier alpha value is -0.870. The van der Waals surface area contributed by atoms with Gasteiger partial charge in [0.25, 0.3) is 0 Å². The average molecular weight is 267 g/mol. The Morgan fingerprint density at radius 3 is 2.22 bits per heavy atom. The number of hydrogen-bond donors (Lipinski definition) is 0. The molecule has 0 radical (unpaired) electrons. The topological polar surface area (TPSA) is 37.4 Å². The molecule has 1 heterocycles. The molecule has 1 unspecified atom stereocenters. The van der Waals surface area contributed by atoms with Gasteiger partial charge in [0.15, 0.2) is 0 Å². The van der Waals surface area contributed by atoms with Crippen molar-refractivity contribution in [1.29, 1.82) is 0 Å². The normalized spacial score (nSPS) is 24.3. The molecule has 0 aliphatic carbocycles. The van der Waals surface area contributed by atoms with Crippen molar-refractivity contribution < 1.29 is 8.42 Å². The first kappa shape index (κ1) is 13.6. The van der Waals surface area contributed by atoms with E-state index in [4.69, 9.17) is 0 Å². The summed E-state index contributed by atoms with van der Waals surface area (Å²) in [5, 5.41) is 0. The molecule has 4 heteroatoms. The summed E-state index contributed by atoms with van der Waals surface area (Å²) in [7, 11) is -3.34. The maximum atomic E-state index is 12.6. The van der Waals surface area contributed by atoms with Crippen LogP contribution in [-0.4, -0.2) is 25.3 Å². The van der Waals surface area contributed by atoms with Crippen molar-refractivity contribution in [3.05, 3.63) is 29.8 Å². The Labute approximate surface area is 110 Å². The van der Waals surface area contributed by atoms with Crippen molar-refractivity contribution in [1.82, 2.24) is 4.31 Å². The summed E-state index contributed by atoms with van der Waals surface area (Å²) in [5.41, 5.74) is 1.14. The fourth-order valence-corrected chi connectivity index (χ4v) is 4.53. The lowest BCUT2D eigenvalue weighted by molar-refractivity contribution is 0.370. The quantitative estimate of drug-likeness (QED) is 0.826. The Kier molecular flexibility index (Phi) is 3.28. The predicted molar refractivity (Wildman–Crippen MR) is 72.9 cm³/mol. The van der Waals surface area contributed by atoms with E-state index in [1.165, 1.54) is 0 Å². The third-order valence-electron chi connectivity index (χ3n) is 3.55. The summed E-state index contributed by atoms with van der Waals surface area (Å²) in [6.07, 6.45) is 0.915. The molecule has 1 aromatic carbocycles. The number of nitrogens with zero attached hydrogens (tertiary/aromatic N) is 1. The second kappa shape index (κ2) is 4.35. The molecule has 2 rings (SSSR count). The molecule has 1 fully saturated rings. The zero-order chi connectivity index (χ0) is 13.6. The van der Waals surface area contributed by atoms with Crippen LogP contribution in [0.25, 0.3) is 0 Å². The van der Waals surface area contributed by atoms with E-state index in [0.717, 1.165) is 12.0 Å². The smallest absolute Gasteiger partial charge is 0.207 e. The minimum Gasteiger partial charge on any atom is -0.207 e. The van der Waals surface area contributed by atoms with E-state index in [1.54, 1.807) is 16.4 Å². The summed E-state index contributed by atoms with van der Waals surface area (Å²) in [4.78, 5) is 0.401. The highest BCUT2D eigenvalue weighted by atomic mass is 32.2. The highest BCUT2D eigenvalue weighted by Crippen LogP contribution is 2.37. The van der Waals surface area contributed by atoms with Crippen LogP contribution in [-0.2, 0) is 10.0 Å². The van der Waals surface area contributed by atoms with E-state index in [2.05, 4.69) is 13.8 Å². The fourth-order valence-electron chi connectivity index (χ4n) is 2.71. The van der Waals surface area contributed by atoms with Crippen LogP contribution in [0.4, 0.5) is 0 Å². The first-order valence-electron chi connectivity index (χ1n) is 6.31. The van der Waals surface area contributed by atoms with Crippen LogP contribution in [0, 0.1) is 12.3 Å². The molecular formula is C14H21NO2S. The van der Waals surface area contributed by atoms with Crippen molar-refractivity contribution in [2.24, 2.45) is 5.41 Å². The van der Waals surface area contributed by atoms with Gasteiger partial charge in [-0.1, -0.05) is 31.5 Å². The molecule has 0 saturated carbocycles. The van der Waals surface area contributed by atoms with Gasteiger partial charge in [-0.2, -0.15) is 4.31 Å². The van der Waals surface area contributed by atoms with Crippen LogP contribution >= 0.6 is 0 Å². The molecule has 1 aliphatic heterocycles. The maximum absolute atomic E-state index is 12.6. The molecule has 0 aromatic heterocycles. The molecule has 1 aliphatic rings. The summed E-state index contributed by atoms with van der Waals surface area (Å²) in [5.74, 6) is 0. The molecule has 3 nitrogen and oxygen atoms in total. The Morgan fingerprint density at radius 1 is 1.22 bits per heavy atom. The Morgan fingerprint density at radius 2 is 1.78 bits per heavy atom. The van der Waals surface area contributed by atoms with Gasteiger partial charge >= 0.3 is 0 Å². The van der Waals surface area contributed by atoms with E-state index in [1.807, 2.05) is 26.0 Å². The van der Waals surface area contributed by atoms with Crippen LogP contribution in [0.1, 0.15) is 32.8 Å². The highest BCUT2D eigenvalue weighted by molar-refractivity contribution is 7.89. The third-order valence-corrected chi connectivity index (χ3v) is 5.53. The van der Waals surface area contributed by atoms with Gasteiger partial charge in [0.1, 0.15) is 0 Å². The van der Waals surface area contributed by atoms with Crippen LogP contribution in [0.15, 0.2) is 29.2 Å². The van der Waals surface area contributed by atoms with Crippen molar-refractivity contribution in [3.63, 3.8) is 0 Å². The minimum absolute atomic E-state index is 0.0667. The summed E-state index contributed by atoms with van der Waals surface area (Å²) < 4.78 is 26.8. The second-order valence-electron chi connectivity index (χ2n) is 6.08. The Balaban J connectivity index is 2.35. The first-order valence-corrected chi connectivity index (χ1v) is 7.75. The van der Waals surface area contributed by atoms with Gasteiger partial charge < -0.3 is 0 Å². The van der Waals surface area contributed by atoms with E-state index in [0.29, 0.717) is 11.4 Å². The van der Waals surface area contributed by atoms with Crippen LogP contribution in [0.3, 0.4) is 0 Å². The molecular weight excluding hydrogens is 246 g/mol. The van der Waals surface area contributed by atoms with Crippen molar-refractivity contribution in [2.45, 2.75) is 45.1 Å². The van der Waals surface area contributed by atoms with Gasteiger partial charge in [0.2, 0.25) is 10.0 Å². The van der Waals surface area contributed by atoms with Gasteiger partial charge in [0, 0.05) is 12.6 Å². The lowest BCUT2D eigenvalue weighted by atomic mass is 9.91. The number of aryl methyl sites for hydroxylation is 1. The molecule has 0 bridgehead atoms. The molecule has 0 spiro atoms. The fraction of sp³-hybridized carbons (Fsp3) is 0.571. The molecule has 1 saturated heterocycles. The zero-order valence-electron chi connectivity index (χ0n) is 11.5. The standard InChI is InChI=1S/C14H21NO2S/c1-11-5-7-13(8-6-11)18(16,17)15-10-14(3,4)9-12(15)2/h5-8,12H,9-10H2,1-4H3. The molecule has 100 valence electrons. The van der Waals surface area contributed by atoms with Crippen molar-refractivity contribution in [2.75, 3.05) is 6.54 Å². The van der Waals surface area contributed by atoms with E-state index < -0.39 is 10.0 Å². The summed E-state index contributed by atoms with van der Waals surface area (Å²) in [6.45, 7) is 8.78. The average Bonchev–Trinajstić information content (AvgIpc) is 2.53. The molecule has 18 heavy (non-hydrogen) atoms. The Bertz CT molecular complexity index is 531. The number of sulfonamides is 1. The van der Waals surface area contributed by atoms with E-state index >= 15 is 0 Å². The SMILES string of the molecule is Cc1ccc(S(=O)(=O)N2CC(C)(C)CC2C)cc1. The van der Waals surface area contributed by atoms with Crippen LogP contribution < -0.4 is 0 Å². The molecule has 0 amide bonds. The summed E-state index contributed by atoms with van der Waals surface area (Å²) in [6, 6.07) is 7.16. The van der Waals surface area contributed by atoms with E-state index in [-0.39, 0.29) is 11.5 Å². The summed E-state index contributed by atoms with van der Waals surface area (Å²) >= 11 is 0. The number of hydrogen-bond acceptors (Lipinski definition) is 2. The van der Waals surface area contributed by atoms with E-state index in [9.17, 15) is 8.42 Å². The number of rotatable bonds is 2.